The van der Waals surface area contributed by atoms with E-state index in [0.717, 1.165) is 34.8 Å². The Kier molecular flexibility index (Phi) is 7.51. The van der Waals surface area contributed by atoms with Crippen molar-refractivity contribution in [1.82, 2.24) is 15.2 Å². The Morgan fingerprint density at radius 3 is 2.73 bits per heavy atom. The van der Waals surface area contributed by atoms with Crippen molar-refractivity contribution >= 4 is 29.7 Å². The maximum absolute atomic E-state index is 12.6. The molecule has 0 saturated heterocycles. The van der Waals surface area contributed by atoms with Crippen LogP contribution in [0.1, 0.15) is 26.6 Å². The largest absolute Gasteiger partial charge is 0.336 e. The van der Waals surface area contributed by atoms with Crippen molar-refractivity contribution in [1.29, 1.82) is 0 Å². The van der Waals surface area contributed by atoms with E-state index in [0.29, 0.717) is 6.54 Å². The highest BCUT2D eigenvalue weighted by atomic mass is 35.5. The number of hydrogen-bond donors (Lipinski definition) is 1. The number of nitrogens with zero attached hydrogens (tertiary/aromatic N) is 2. The molecule has 0 aliphatic heterocycles. The lowest BCUT2D eigenvalue weighted by Gasteiger charge is -2.18. The van der Waals surface area contributed by atoms with Gasteiger partial charge in [0.1, 0.15) is 0 Å². The number of hydrogen-bond acceptors (Lipinski definition) is 4. The van der Waals surface area contributed by atoms with E-state index in [9.17, 15) is 4.79 Å². The van der Waals surface area contributed by atoms with Gasteiger partial charge in [-0.2, -0.15) is 0 Å². The molecule has 22 heavy (non-hydrogen) atoms. The summed E-state index contributed by atoms with van der Waals surface area (Å²) in [5.74, 6) is 0.0485. The number of carbonyl (C=O) groups is 1. The van der Waals surface area contributed by atoms with Crippen LogP contribution in [0.25, 0.3) is 0 Å². The van der Waals surface area contributed by atoms with E-state index in [1.807, 2.05) is 50.7 Å². The number of benzene rings is 1. The van der Waals surface area contributed by atoms with Gasteiger partial charge in [0.15, 0.2) is 0 Å². The number of rotatable bonds is 6. The Labute approximate surface area is 142 Å². The molecule has 1 N–H and O–H groups in total. The third-order valence-electron chi connectivity index (χ3n) is 3.30. The molecule has 1 amide bonds. The molecule has 6 heteroatoms. The zero-order valence-electron chi connectivity index (χ0n) is 13.1. The van der Waals surface area contributed by atoms with Crippen molar-refractivity contribution in [2.24, 2.45) is 0 Å². The second-order valence-electron chi connectivity index (χ2n) is 5.03. The van der Waals surface area contributed by atoms with Gasteiger partial charge < -0.3 is 10.2 Å². The molecule has 0 radical (unpaired) electrons. The molecule has 0 aliphatic carbocycles. The van der Waals surface area contributed by atoms with Gasteiger partial charge in [-0.25, -0.2) is 4.98 Å². The maximum atomic E-state index is 12.6. The van der Waals surface area contributed by atoms with Crippen molar-refractivity contribution in [3.8, 4) is 0 Å². The number of thiazole rings is 1. The SMILES string of the molecule is CNCCc1ccccc1C(=O)N(C)Cc1csc(C)n1.Cl. The van der Waals surface area contributed by atoms with Crippen LogP contribution in [-0.4, -0.2) is 36.4 Å². The van der Waals surface area contributed by atoms with Crippen LogP contribution in [0.5, 0.6) is 0 Å². The van der Waals surface area contributed by atoms with Gasteiger partial charge in [0.25, 0.3) is 5.91 Å². The van der Waals surface area contributed by atoms with Gasteiger partial charge in [-0.1, -0.05) is 18.2 Å². The Morgan fingerprint density at radius 1 is 1.36 bits per heavy atom. The van der Waals surface area contributed by atoms with Crippen LogP contribution in [0.4, 0.5) is 0 Å². The van der Waals surface area contributed by atoms with Gasteiger partial charge in [0.2, 0.25) is 0 Å². The molecule has 1 aromatic heterocycles. The van der Waals surface area contributed by atoms with Crippen LogP contribution >= 0.6 is 23.7 Å². The smallest absolute Gasteiger partial charge is 0.254 e. The van der Waals surface area contributed by atoms with E-state index in [1.54, 1.807) is 16.2 Å². The summed E-state index contributed by atoms with van der Waals surface area (Å²) in [6.07, 6.45) is 0.849. The molecule has 0 bridgehead atoms. The van der Waals surface area contributed by atoms with Gasteiger partial charge in [-0.15, -0.1) is 23.7 Å². The molecule has 0 saturated carbocycles. The highest BCUT2D eigenvalue weighted by molar-refractivity contribution is 7.09. The third-order valence-corrected chi connectivity index (χ3v) is 4.13. The van der Waals surface area contributed by atoms with Gasteiger partial charge in [0.05, 0.1) is 17.2 Å². The minimum absolute atomic E-state index is 0. The molecule has 0 aliphatic rings. The Hall–Kier alpha value is -1.43. The second kappa shape index (κ2) is 8.88. The van der Waals surface area contributed by atoms with Crippen molar-refractivity contribution in [3.63, 3.8) is 0 Å². The number of carbonyl (C=O) groups excluding carboxylic acids is 1. The fourth-order valence-electron chi connectivity index (χ4n) is 2.21. The van der Waals surface area contributed by atoms with Crippen molar-refractivity contribution in [2.75, 3.05) is 20.6 Å². The van der Waals surface area contributed by atoms with Crippen molar-refractivity contribution in [3.05, 3.63) is 51.5 Å². The lowest BCUT2D eigenvalue weighted by atomic mass is 10.0. The van der Waals surface area contributed by atoms with E-state index < -0.39 is 0 Å². The van der Waals surface area contributed by atoms with Crippen LogP contribution in [0.3, 0.4) is 0 Å². The summed E-state index contributed by atoms with van der Waals surface area (Å²) in [4.78, 5) is 18.8. The zero-order valence-corrected chi connectivity index (χ0v) is 14.8. The highest BCUT2D eigenvalue weighted by Crippen LogP contribution is 2.15. The topological polar surface area (TPSA) is 45.2 Å². The summed E-state index contributed by atoms with van der Waals surface area (Å²) in [5.41, 5.74) is 2.81. The average Bonchev–Trinajstić information content (AvgIpc) is 2.89. The number of likely N-dealkylation sites (N-methyl/N-ethyl adjacent to an activating group) is 1. The molecule has 1 aromatic carbocycles. The first-order valence-electron chi connectivity index (χ1n) is 7.00. The Bertz CT molecular complexity index is 615. The van der Waals surface area contributed by atoms with Crippen LogP contribution < -0.4 is 5.32 Å². The number of nitrogens with one attached hydrogen (secondary N) is 1. The minimum Gasteiger partial charge on any atom is -0.336 e. The number of halogens is 1. The minimum atomic E-state index is 0. The maximum Gasteiger partial charge on any atom is 0.254 e. The molecule has 0 unspecified atom stereocenters. The second-order valence-corrected chi connectivity index (χ2v) is 6.09. The quantitative estimate of drug-likeness (QED) is 0.880. The first-order valence-corrected chi connectivity index (χ1v) is 7.88. The summed E-state index contributed by atoms with van der Waals surface area (Å²) >= 11 is 1.61. The standard InChI is InChI=1S/C16H21N3OS.ClH/c1-12-18-14(11-21-12)10-19(3)16(20)15-7-5-4-6-13(15)8-9-17-2;/h4-7,11,17H,8-10H2,1-3H3;1H. The molecule has 0 spiro atoms. The Balaban J connectivity index is 0.00000242. The molecule has 0 atom stereocenters. The van der Waals surface area contributed by atoms with E-state index >= 15 is 0 Å². The van der Waals surface area contributed by atoms with Gasteiger partial charge in [-0.05, 0) is 38.6 Å². The lowest BCUT2D eigenvalue weighted by Crippen LogP contribution is -2.27. The molecular weight excluding hydrogens is 318 g/mol. The summed E-state index contributed by atoms with van der Waals surface area (Å²) in [6, 6.07) is 7.81. The van der Waals surface area contributed by atoms with E-state index in [4.69, 9.17) is 0 Å². The fourth-order valence-corrected chi connectivity index (χ4v) is 2.81. The first-order chi connectivity index (χ1) is 10.1. The normalized spacial score (nSPS) is 10.1. The van der Waals surface area contributed by atoms with E-state index in [1.165, 1.54) is 0 Å². The number of amides is 1. The molecule has 2 aromatic rings. The van der Waals surface area contributed by atoms with E-state index in [-0.39, 0.29) is 18.3 Å². The van der Waals surface area contributed by atoms with Crippen LogP contribution in [0, 0.1) is 6.92 Å². The summed E-state index contributed by atoms with van der Waals surface area (Å²) in [6.45, 7) is 3.38. The lowest BCUT2D eigenvalue weighted by molar-refractivity contribution is 0.0782. The average molecular weight is 340 g/mol. The summed E-state index contributed by atoms with van der Waals surface area (Å²) < 4.78 is 0. The molecule has 1 heterocycles. The van der Waals surface area contributed by atoms with Crippen LogP contribution in [-0.2, 0) is 13.0 Å². The molecular formula is C16H22ClN3OS. The monoisotopic (exact) mass is 339 g/mol. The Morgan fingerprint density at radius 2 is 2.09 bits per heavy atom. The van der Waals surface area contributed by atoms with E-state index in [2.05, 4.69) is 10.3 Å². The summed E-state index contributed by atoms with van der Waals surface area (Å²) in [5, 5.41) is 6.15. The van der Waals surface area contributed by atoms with Crippen LogP contribution in [0.15, 0.2) is 29.6 Å². The number of aromatic nitrogens is 1. The number of aryl methyl sites for hydroxylation is 1. The predicted octanol–water partition coefficient (Wildman–Crippen LogP) is 2.91. The third kappa shape index (κ3) is 4.80. The molecule has 0 fully saturated rings. The molecule has 2 rings (SSSR count). The van der Waals surface area contributed by atoms with Crippen molar-refractivity contribution < 1.29 is 4.79 Å². The van der Waals surface area contributed by atoms with Gasteiger partial charge in [-0.3, -0.25) is 4.79 Å². The zero-order chi connectivity index (χ0) is 15.2. The summed E-state index contributed by atoms with van der Waals surface area (Å²) in [7, 11) is 3.74. The molecule has 120 valence electrons. The predicted molar refractivity (Wildman–Crippen MR) is 94.0 cm³/mol. The van der Waals surface area contributed by atoms with Gasteiger partial charge >= 0.3 is 0 Å². The fraction of sp³-hybridized carbons (Fsp3) is 0.375. The van der Waals surface area contributed by atoms with Crippen molar-refractivity contribution in [2.45, 2.75) is 19.9 Å². The molecule has 4 nitrogen and oxygen atoms in total. The van der Waals surface area contributed by atoms with Crippen LogP contribution in [0.2, 0.25) is 0 Å². The first kappa shape index (κ1) is 18.6. The van der Waals surface area contributed by atoms with Gasteiger partial charge in [0, 0.05) is 18.0 Å². The highest BCUT2D eigenvalue weighted by Gasteiger charge is 2.16.